The van der Waals surface area contributed by atoms with Crippen molar-refractivity contribution < 1.29 is 9.16 Å². The maximum atomic E-state index is 6.28. The number of aromatic nitrogens is 2. The number of imidazole rings is 1. The molecule has 1 aliphatic rings. The van der Waals surface area contributed by atoms with Gasteiger partial charge in [0.25, 0.3) is 0 Å². The summed E-state index contributed by atoms with van der Waals surface area (Å²) >= 11 is 17.7. The van der Waals surface area contributed by atoms with Crippen molar-refractivity contribution in [2.45, 2.75) is 51.2 Å². The molecule has 8 heteroatoms. The van der Waals surface area contributed by atoms with Crippen LogP contribution in [0.15, 0.2) is 24.3 Å². The number of nitrogens with one attached hydrogen (secondary N) is 1. The smallest absolute Gasteiger partial charge is 0.192 e. The Labute approximate surface area is 170 Å². The molecule has 2 atom stereocenters. The van der Waals surface area contributed by atoms with Gasteiger partial charge in [-0.25, -0.2) is 0 Å². The van der Waals surface area contributed by atoms with Crippen LogP contribution in [0, 0.1) is 4.77 Å². The first-order valence-electron chi connectivity index (χ1n) is 8.56. The Balaban J connectivity index is 1.77. The maximum absolute atomic E-state index is 6.28. The number of halogens is 2. The van der Waals surface area contributed by atoms with E-state index < -0.39 is 8.32 Å². The van der Waals surface area contributed by atoms with Gasteiger partial charge in [0.1, 0.15) is 6.10 Å². The number of benzene rings is 1. The molecule has 1 aromatic carbocycles. The van der Waals surface area contributed by atoms with Gasteiger partial charge in [-0.15, -0.1) is 0 Å². The van der Waals surface area contributed by atoms with Gasteiger partial charge in [-0.2, -0.15) is 0 Å². The van der Waals surface area contributed by atoms with Crippen LogP contribution in [0.25, 0.3) is 11.0 Å². The minimum absolute atomic E-state index is 0.0938. The van der Waals surface area contributed by atoms with E-state index in [-0.39, 0.29) is 17.4 Å². The number of hydrogen-bond acceptors (Lipinski definition) is 3. The van der Waals surface area contributed by atoms with Gasteiger partial charge < -0.3 is 14.1 Å². The lowest BCUT2D eigenvalue weighted by atomic mass is 10.2. The quantitative estimate of drug-likeness (QED) is 0.342. The molecule has 3 rings (SSSR count). The van der Waals surface area contributed by atoms with Crippen LogP contribution in [-0.2, 0) is 9.16 Å². The van der Waals surface area contributed by atoms with E-state index in [4.69, 9.17) is 44.6 Å². The van der Waals surface area contributed by atoms with E-state index >= 15 is 0 Å². The monoisotopic (exact) mass is 430 g/mol. The minimum Gasteiger partial charge on any atom is -0.414 e. The topological polar surface area (TPSA) is 39.2 Å². The molecule has 1 N–H and O–H groups in total. The first kappa shape index (κ1) is 20.1. The molecule has 4 nitrogen and oxygen atoms in total. The molecule has 2 heterocycles. The van der Waals surface area contributed by atoms with Crippen LogP contribution >= 0.6 is 35.4 Å². The van der Waals surface area contributed by atoms with E-state index in [1.807, 2.05) is 22.8 Å². The van der Waals surface area contributed by atoms with Crippen molar-refractivity contribution in [1.82, 2.24) is 9.55 Å². The molecule has 0 saturated carbocycles. The molecular weight excluding hydrogens is 407 g/mol. The summed E-state index contributed by atoms with van der Waals surface area (Å²) in [6.07, 6.45) is 3.66. The third kappa shape index (κ3) is 3.81. The highest BCUT2D eigenvalue weighted by Crippen LogP contribution is 2.37. The number of fused-ring (bicyclic) bond motifs is 1. The van der Waals surface area contributed by atoms with Gasteiger partial charge in [-0.05, 0) is 48.6 Å². The Hall–Kier alpha value is -0.633. The number of ether oxygens (including phenoxy) is 1. The highest BCUT2D eigenvalue weighted by atomic mass is 35.5. The van der Waals surface area contributed by atoms with Crippen molar-refractivity contribution in [1.29, 1.82) is 0 Å². The van der Waals surface area contributed by atoms with Crippen molar-refractivity contribution in [3.05, 3.63) is 39.1 Å². The van der Waals surface area contributed by atoms with E-state index in [0.29, 0.717) is 21.4 Å². The van der Waals surface area contributed by atoms with E-state index in [9.17, 15) is 0 Å². The average molecular weight is 431 g/mol. The molecular formula is C18H24Cl2N2O2SSi. The lowest BCUT2D eigenvalue weighted by Crippen LogP contribution is -2.42. The molecule has 0 unspecified atom stereocenters. The molecule has 1 aromatic heterocycles. The van der Waals surface area contributed by atoms with Crippen LogP contribution in [0.3, 0.4) is 0 Å². The molecule has 0 saturated heterocycles. The number of hydrogen-bond donors (Lipinski definition) is 1. The zero-order valence-corrected chi connectivity index (χ0v) is 18.9. The fourth-order valence-electron chi connectivity index (χ4n) is 2.61. The zero-order chi connectivity index (χ0) is 19.3. The van der Waals surface area contributed by atoms with Crippen LogP contribution in [-0.4, -0.2) is 30.6 Å². The first-order chi connectivity index (χ1) is 12.0. The molecule has 0 amide bonds. The fraction of sp³-hybridized carbons (Fsp3) is 0.500. The van der Waals surface area contributed by atoms with Gasteiger partial charge in [0.2, 0.25) is 0 Å². The lowest BCUT2D eigenvalue weighted by Gasteiger charge is -2.36. The molecule has 1 aliphatic heterocycles. The summed E-state index contributed by atoms with van der Waals surface area (Å²) in [7, 11) is -1.81. The minimum atomic E-state index is -1.81. The summed E-state index contributed by atoms with van der Waals surface area (Å²) < 4.78 is 14.9. The predicted octanol–water partition coefficient (Wildman–Crippen LogP) is 6.48. The fourth-order valence-corrected chi connectivity index (χ4v) is 4.26. The normalized spacial score (nSPS) is 21.0. The second-order valence-electron chi connectivity index (χ2n) is 8.10. The Morgan fingerprint density at radius 2 is 1.88 bits per heavy atom. The van der Waals surface area contributed by atoms with Crippen molar-refractivity contribution in [2.75, 3.05) is 6.61 Å². The Morgan fingerprint density at radius 1 is 1.23 bits per heavy atom. The molecule has 2 aromatic rings. The summed E-state index contributed by atoms with van der Waals surface area (Å²) in [6, 6.07) is 3.59. The van der Waals surface area contributed by atoms with Gasteiger partial charge in [0, 0.05) is 0 Å². The van der Waals surface area contributed by atoms with Crippen LogP contribution < -0.4 is 0 Å². The van der Waals surface area contributed by atoms with E-state index in [1.165, 1.54) is 0 Å². The molecule has 0 aliphatic carbocycles. The summed E-state index contributed by atoms with van der Waals surface area (Å²) in [6.45, 7) is 11.7. The van der Waals surface area contributed by atoms with Crippen LogP contribution in [0.2, 0.25) is 28.2 Å². The SMILES string of the molecule is CC(C)(C)[Si](C)(C)OC[C@@H]1C=C[C@H](n2c(=S)[nH]c3cc(Cl)c(Cl)cc32)O1. The summed E-state index contributed by atoms with van der Waals surface area (Å²) in [4.78, 5) is 3.16. The van der Waals surface area contributed by atoms with Gasteiger partial charge in [0.15, 0.2) is 19.3 Å². The number of H-pyrrole nitrogens is 1. The highest BCUT2D eigenvalue weighted by molar-refractivity contribution is 7.71. The van der Waals surface area contributed by atoms with Crippen molar-refractivity contribution in [3.8, 4) is 0 Å². The third-order valence-corrected chi connectivity index (χ3v) is 10.8. The molecule has 0 spiro atoms. The molecule has 0 bridgehead atoms. The number of rotatable bonds is 4. The highest BCUT2D eigenvalue weighted by Gasteiger charge is 2.38. The maximum Gasteiger partial charge on any atom is 0.192 e. The van der Waals surface area contributed by atoms with E-state index in [2.05, 4.69) is 38.8 Å². The first-order valence-corrected chi connectivity index (χ1v) is 12.6. The molecule has 0 radical (unpaired) electrons. The zero-order valence-electron chi connectivity index (χ0n) is 15.6. The second kappa shape index (κ2) is 7.07. The van der Waals surface area contributed by atoms with Gasteiger partial charge in [-0.1, -0.05) is 50.0 Å². The summed E-state index contributed by atoms with van der Waals surface area (Å²) in [5.74, 6) is 0. The van der Waals surface area contributed by atoms with Crippen molar-refractivity contribution in [3.63, 3.8) is 0 Å². The largest absolute Gasteiger partial charge is 0.414 e. The van der Waals surface area contributed by atoms with Gasteiger partial charge in [0.05, 0.1) is 27.7 Å². The summed E-state index contributed by atoms with van der Waals surface area (Å²) in [5, 5.41) is 1.15. The Kier molecular flexibility index (Phi) is 5.47. The Bertz CT molecular complexity index is 914. The van der Waals surface area contributed by atoms with Crippen LogP contribution in [0.1, 0.15) is 27.0 Å². The number of aromatic amines is 1. The van der Waals surface area contributed by atoms with Gasteiger partial charge in [-0.3, -0.25) is 4.57 Å². The molecule has 0 fully saturated rings. The molecule has 26 heavy (non-hydrogen) atoms. The van der Waals surface area contributed by atoms with Crippen molar-refractivity contribution >= 4 is 54.8 Å². The van der Waals surface area contributed by atoms with Crippen LogP contribution in [0.4, 0.5) is 0 Å². The summed E-state index contributed by atoms with van der Waals surface area (Å²) in [5.41, 5.74) is 1.70. The van der Waals surface area contributed by atoms with Gasteiger partial charge >= 0.3 is 0 Å². The number of nitrogens with zero attached hydrogens (tertiary/aromatic N) is 1. The second-order valence-corrected chi connectivity index (χ2v) is 14.1. The third-order valence-electron chi connectivity index (χ3n) is 5.23. The van der Waals surface area contributed by atoms with E-state index in [1.54, 1.807) is 6.07 Å². The van der Waals surface area contributed by atoms with Crippen molar-refractivity contribution in [2.24, 2.45) is 0 Å². The van der Waals surface area contributed by atoms with Crippen LogP contribution in [0.5, 0.6) is 0 Å². The lowest BCUT2D eigenvalue weighted by molar-refractivity contribution is -0.00416. The van der Waals surface area contributed by atoms with E-state index in [0.717, 1.165) is 11.0 Å². The standard InChI is InChI=1S/C18H24Cl2N2O2SSi/c1-18(2,3)26(4,5)23-10-11-6-7-16(24-11)22-15-9-13(20)12(19)8-14(15)21-17(22)25/h6-9,11,16H,10H2,1-5H3,(H,21,25)/t11-,16+/m0/s1. The average Bonchev–Trinajstić information content (AvgIpc) is 3.08. The molecule has 142 valence electrons. The predicted molar refractivity (Wildman–Crippen MR) is 113 cm³/mol. The Morgan fingerprint density at radius 3 is 2.54 bits per heavy atom.